The first-order chi connectivity index (χ1) is 13.3. The molecule has 2 amide bonds. The van der Waals surface area contributed by atoms with Gasteiger partial charge in [-0.25, -0.2) is 13.4 Å². The molecule has 0 unspecified atom stereocenters. The van der Waals surface area contributed by atoms with Gasteiger partial charge in [0.25, 0.3) is 5.91 Å². The fourth-order valence-corrected chi connectivity index (χ4v) is 5.31. The lowest BCUT2D eigenvalue weighted by atomic mass is 10.1. The van der Waals surface area contributed by atoms with Gasteiger partial charge in [0.1, 0.15) is 5.71 Å². The van der Waals surface area contributed by atoms with Crippen LogP contribution in [0.2, 0.25) is 0 Å². The number of amides is 2. The quantitative estimate of drug-likeness (QED) is 0.843. The van der Waals surface area contributed by atoms with E-state index in [1.807, 2.05) is 31.2 Å². The number of fused-ring (bicyclic) bond motifs is 1. The van der Waals surface area contributed by atoms with E-state index in [2.05, 4.69) is 15.4 Å². The van der Waals surface area contributed by atoms with Gasteiger partial charge in [-0.3, -0.25) is 14.6 Å². The summed E-state index contributed by atoms with van der Waals surface area (Å²) in [4.78, 5) is 29.4. The van der Waals surface area contributed by atoms with E-state index < -0.39 is 21.8 Å². The average Bonchev–Trinajstić information content (AvgIpc) is 3.01. The number of aromatic nitrogens is 1. The molecule has 2 aromatic rings. The minimum Gasteiger partial charge on any atom is -0.319 e. The van der Waals surface area contributed by atoms with E-state index in [-0.39, 0.29) is 36.0 Å². The van der Waals surface area contributed by atoms with Crippen molar-refractivity contribution in [2.75, 3.05) is 16.8 Å². The van der Waals surface area contributed by atoms with Crippen molar-refractivity contribution < 1.29 is 18.0 Å². The van der Waals surface area contributed by atoms with Gasteiger partial charge in [0.05, 0.1) is 28.8 Å². The van der Waals surface area contributed by atoms with Crippen LogP contribution in [0.15, 0.2) is 35.6 Å². The number of aryl methyl sites for hydroxylation is 1. The van der Waals surface area contributed by atoms with Crippen LogP contribution in [0.1, 0.15) is 24.8 Å². The predicted molar refractivity (Wildman–Crippen MR) is 106 cm³/mol. The first-order valence-corrected chi connectivity index (χ1v) is 10.9. The number of sulfone groups is 1. The highest BCUT2D eigenvalue weighted by Gasteiger charge is 2.37. The minimum absolute atomic E-state index is 0.0411. The van der Waals surface area contributed by atoms with Crippen molar-refractivity contribution in [3.8, 4) is 0 Å². The number of carbonyl (C=O) groups excluding carboxylic acids is 2. The summed E-state index contributed by atoms with van der Waals surface area (Å²) in [7, 11) is -3.16. The second-order valence-electron chi connectivity index (χ2n) is 7.18. The summed E-state index contributed by atoms with van der Waals surface area (Å²) in [6, 6.07) is 7.07. The molecule has 0 saturated carbocycles. The number of hydrogen-bond donors (Lipinski definition) is 1. The van der Waals surface area contributed by atoms with Crippen molar-refractivity contribution in [2.45, 2.75) is 32.2 Å². The number of rotatable bonds is 3. The molecule has 1 aromatic carbocycles. The molecule has 1 N–H and O–H groups in total. The Hall–Kier alpha value is -2.81. The van der Waals surface area contributed by atoms with E-state index >= 15 is 0 Å². The second kappa shape index (κ2) is 6.97. The number of pyridine rings is 1. The third-order valence-corrected chi connectivity index (χ3v) is 6.72. The highest BCUT2D eigenvalue weighted by atomic mass is 32.2. The summed E-state index contributed by atoms with van der Waals surface area (Å²) in [5.41, 5.74) is 2.45. The number of hydrogen-bond acceptors (Lipinski definition) is 6. The summed E-state index contributed by atoms with van der Waals surface area (Å²) in [6.45, 7) is 1.93. The summed E-state index contributed by atoms with van der Waals surface area (Å²) in [5.74, 6) is -0.722. The van der Waals surface area contributed by atoms with Gasteiger partial charge >= 0.3 is 0 Å². The van der Waals surface area contributed by atoms with E-state index in [9.17, 15) is 18.0 Å². The molecule has 1 atom stereocenters. The summed E-state index contributed by atoms with van der Waals surface area (Å²) < 4.78 is 23.5. The fraction of sp³-hybridized carbons (Fsp3) is 0.368. The molecule has 0 radical (unpaired) electrons. The molecule has 2 aliphatic heterocycles. The van der Waals surface area contributed by atoms with E-state index in [4.69, 9.17) is 0 Å². The Morgan fingerprint density at radius 2 is 2.11 bits per heavy atom. The van der Waals surface area contributed by atoms with Crippen molar-refractivity contribution in [3.05, 3.63) is 36.0 Å². The van der Waals surface area contributed by atoms with Crippen molar-refractivity contribution in [3.63, 3.8) is 0 Å². The molecule has 0 bridgehead atoms. The van der Waals surface area contributed by atoms with Gasteiger partial charge in [-0.2, -0.15) is 5.10 Å². The van der Waals surface area contributed by atoms with Crippen molar-refractivity contribution in [1.82, 2.24) is 9.99 Å². The zero-order valence-corrected chi connectivity index (χ0v) is 16.2. The maximum absolute atomic E-state index is 12.8. The lowest BCUT2D eigenvalue weighted by Gasteiger charge is -2.27. The van der Waals surface area contributed by atoms with Crippen LogP contribution in [0.4, 0.5) is 5.69 Å². The van der Waals surface area contributed by atoms with Crippen molar-refractivity contribution >= 4 is 44.0 Å². The Balaban J connectivity index is 1.60. The Morgan fingerprint density at radius 1 is 1.29 bits per heavy atom. The molecule has 0 spiro atoms. The van der Waals surface area contributed by atoms with E-state index in [1.165, 1.54) is 5.01 Å². The largest absolute Gasteiger partial charge is 0.319 e. The Bertz CT molecular complexity index is 1110. The molecule has 3 heterocycles. The number of carbonyl (C=O) groups is 2. The van der Waals surface area contributed by atoms with Gasteiger partial charge in [0, 0.05) is 24.4 Å². The molecular weight excluding hydrogens is 380 g/mol. The Kier molecular flexibility index (Phi) is 4.62. The topological polar surface area (TPSA) is 109 Å². The lowest BCUT2D eigenvalue weighted by Crippen LogP contribution is -2.42. The number of benzene rings is 1. The van der Waals surface area contributed by atoms with Crippen LogP contribution in [0, 0.1) is 6.92 Å². The molecule has 2 aliphatic rings. The van der Waals surface area contributed by atoms with Crippen LogP contribution >= 0.6 is 0 Å². The van der Waals surface area contributed by atoms with Gasteiger partial charge < -0.3 is 5.32 Å². The normalized spacial score (nSPS) is 21.6. The Labute approximate surface area is 162 Å². The molecule has 9 heteroatoms. The Morgan fingerprint density at radius 3 is 2.86 bits per heavy atom. The molecule has 1 fully saturated rings. The zero-order valence-electron chi connectivity index (χ0n) is 15.4. The molecular formula is C19H20N4O4S. The van der Waals surface area contributed by atoms with E-state index in [1.54, 1.807) is 6.20 Å². The van der Waals surface area contributed by atoms with Gasteiger partial charge in [-0.1, -0.05) is 6.07 Å². The number of hydrazone groups is 1. The molecule has 1 saturated heterocycles. The predicted octanol–water partition coefficient (Wildman–Crippen LogP) is 1.65. The monoisotopic (exact) mass is 400 g/mol. The molecule has 8 nitrogen and oxygen atoms in total. The van der Waals surface area contributed by atoms with Gasteiger partial charge in [0.2, 0.25) is 5.91 Å². The maximum Gasteiger partial charge on any atom is 0.271 e. The van der Waals surface area contributed by atoms with Crippen LogP contribution in [-0.2, 0) is 19.4 Å². The third-order valence-electron chi connectivity index (χ3n) is 4.97. The lowest BCUT2D eigenvalue weighted by molar-refractivity contribution is -0.133. The fourth-order valence-electron chi connectivity index (χ4n) is 3.62. The third kappa shape index (κ3) is 3.62. The minimum atomic E-state index is -3.16. The molecule has 146 valence electrons. The standard InChI is InChI=1S/C19H20N4O4S/c1-12-9-13-3-2-7-20-18(13)16(10-12)21-19(25)15-4-5-17(24)23(22-15)14-6-8-28(26,27)11-14/h2-3,7,9-10,14H,4-6,8,11H2,1H3,(H,21,25)/t14-/m1/s1. The number of nitrogens with zero attached hydrogens (tertiary/aromatic N) is 3. The maximum atomic E-state index is 12.8. The van der Waals surface area contributed by atoms with Crippen LogP contribution in [-0.4, -0.2) is 53.5 Å². The van der Waals surface area contributed by atoms with E-state index in [0.717, 1.165) is 10.9 Å². The van der Waals surface area contributed by atoms with Crippen LogP contribution in [0.5, 0.6) is 0 Å². The van der Waals surface area contributed by atoms with Crippen LogP contribution in [0.3, 0.4) is 0 Å². The smallest absolute Gasteiger partial charge is 0.271 e. The molecule has 0 aliphatic carbocycles. The van der Waals surface area contributed by atoms with Gasteiger partial charge in [-0.05, 0) is 37.1 Å². The first-order valence-electron chi connectivity index (χ1n) is 9.09. The highest BCUT2D eigenvalue weighted by Crippen LogP contribution is 2.25. The summed E-state index contributed by atoms with van der Waals surface area (Å²) in [6.07, 6.45) is 2.36. The van der Waals surface area contributed by atoms with Crippen LogP contribution < -0.4 is 5.32 Å². The average molecular weight is 400 g/mol. The highest BCUT2D eigenvalue weighted by molar-refractivity contribution is 7.91. The molecule has 28 heavy (non-hydrogen) atoms. The summed E-state index contributed by atoms with van der Waals surface area (Å²) >= 11 is 0. The number of anilines is 1. The van der Waals surface area contributed by atoms with Gasteiger partial charge in [0.15, 0.2) is 9.84 Å². The van der Waals surface area contributed by atoms with Crippen molar-refractivity contribution in [1.29, 1.82) is 0 Å². The summed E-state index contributed by atoms with van der Waals surface area (Å²) in [5, 5.41) is 9.17. The molecule has 4 rings (SSSR count). The van der Waals surface area contributed by atoms with E-state index in [0.29, 0.717) is 17.6 Å². The number of nitrogens with one attached hydrogen (secondary N) is 1. The van der Waals surface area contributed by atoms with Crippen molar-refractivity contribution in [2.24, 2.45) is 5.10 Å². The van der Waals surface area contributed by atoms with Gasteiger partial charge in [-0.15, -0.1) is 0 Å². The second-order valence-corrected chi connectivity index (χ2v) is 9.41. The zero-order chi connectivity index (χ0) is 19.9. The SMILES string of the molecule is Cc1cc(NC(=O)C2=NN([C@@H]3CCS(=O)(=O)C3)C(=O)CC2)c2ncccc2c1. The first kappa shape index (κ1) is 18.5. The van der Waals surface area contributed by atoms with Crippen LogP contribution in [0.25, 0.3) is 10.9 Å². The molecule has 1 aromatic heterocycles.